The molecule has 0 bridgehead atoms. The zero-order valence-corrected chi connectivity index (χ0v) is 11.9. The van der Waals surface area contributed by atoms with Gasteiger partial charge in [0.25, 0.3) is 0 Å². The number of alkyl halides is 1. The van der Waals surface area contributed by atoms with Gasteiger partial charge < -0.3 is 10.1 Å². The molecular weight excluding hydrogens is 246 g/mol. The number of hydrogen-bond donors (Lipinski definition) is 1. The van der Waals surface area contributed by atoms with Crippen LogP contribution in [0.15, 0.2) is 24.3 Å². The molecule has 1 aromatic rings. The van der Waals surface area contributed by atoms with Crippen molar-refractivity contribution in [1.29, 1.82) is 0 Å². The fourth-order valence-electron chi connectivity index (χ4n) is 2.39. The van der Waals surface area contributed by atoms with Crippen LogP contribution in [-0.4, -0.2) is 25.1 Å². The van der Waals surface area contributed by atoms with Gasteiger partial charge in [-0.2, -0.15) is 0 Å². The fraction of sp³-hybridized carbons (Fsp3) is 0.600. The summed E-state index contributed by atoms with van der Waals surface area (Å²) >= 11 is 5.99. The molecule has 100 valence electrons. The molecule has 2 atom stereocenters. The van der Waals surface area contributed by atoms with Crippen LogP contribution in [0.25, 0.3) is 0 Å². The van der Waals surface area contributed by atoms with Crippen molar-refractivity contribution in [2.75, 3.05) is 19.0 Å². The van der Waals surface area contributed by atoms with E-state index in [1.54, 1.807) is 0 Å². The molecule has 0 aromatic heterocycles. The first-order chi connectivity index (χ1) is 8.72. The Morgan fingerprint density at radius 3 is 2.89 bits per heavy atom. The summed E-state index contributed by atoms with van der Waals surface area (Å²) in [5, 5.41) is 3.59. The Hall–Kier alpha value is -0.730. The van der Waals surface area contributed by atoms with Gasteiger partial charge in [-0.3, -0.25) is 0 Å². The van der Waals surface area contributed by atoms with E-state index < -0.39 is 0 Å². The van der Waals surface area contributed by atoms with E-state index in [0.29, 0.717) is 23.8 Å². The quantitative estimate of drug-likeness (QED) is 0.826. The molecule has 0 amide bonds. The summed E-state index contributed by atoms with van der Waals surface area (Å²) in [6, 6.07) is 8.74. The summed E-state index contributed by atoms with van der Waals surface area (Å²) in [5.74, 6) is 2.82. The summed E-state index contributed by atoms with van der Waals surface area (Å²) in [6.45, 7) is 6.21. The van der Waals surface area contributed by atoms with Crippen molar-refractivity contribution in [3.8, 4) is 5.75 Å². The monoisotopic (exact) mass is 267 g/mol. The molecule has 0 saturated carbocycles. The molecule has 0 spiro atoms. The second kappa shape index (κ2) is 6.44. The van der Waals surface area contributed by atoms with E-state index in [1.165, 1.54) is 5.56 Å². The van der Waals surface area contributed by atoms with Crippen molar-refractivity contribution in [1.82, 2.24) is 5.32 Å². The number of fused-ring (bicyclic) bond motifs is 1. The predicted molar refractivity (Wildman–Crippen MR) is 76.6 cm³/mol. The number of benzene rings is 1. The van der Waals surface area contributed by atoms with Crippen molar-refractivity contribution in [2.45, 2.75) is 32.2 Å². The van der Waals surface area contributed by atoms with Crippen LogP contribution in [0.1, 0.15) is 31.7 Å². The minimum absolute atomic E-state index is 0.390. The smallest absolute Gasteiger partial charge is 0.122 e. The molecule has 2 unspecified atom stereocenters. The largest absolute Gasteiger partial charge is 0.493 e. The van der Waals surface area contributed by atoms with E-state index in [0.717, 1.165) is 25.3 Å². The molecule has 2 rings (SSSR count). The Bertz CT molecular complexity index is 381. The lowest BCUT2D eigenvalue weighted by atomic mass is 9.92. The number of halogens is 1. The summed E-state index contributed by atoms with van der Waals surface area (Å²) < 4.78 is 5.68. The van der Waals surface area contributed by atoms with E-state index in [2.05, 4.69) is 37.4 Å². The standard InChI is InChI=1S/C15H22ClNO/c1-11(2)14(9-16)17-10-12-7-8-18-15-6-4-3-5-13(12)15/h3-6,11-12,14,17H,7-10H2,1-2H3. The van der Waals surface area contributed by atoms with Gasteiger partial charge in [-0.05, 0) is 24.0 Å². The average molecular weight is 268 g/mol. The average Bonchev–Trinajstić information content (AvgIpc) is 2.39. The van der Waals surface area contributed by atoms with Gasteiger partial charge in [0.1, 0.15) is 5.75 Å². The molecule has 1 N–H and O–H groups in total. The van der Waals surface area contributed by atoms with Crippen LogP contribution in [0.4, 0.5) is 0 Å². The topological polar surface area (TPSA) is 21.3 Å². The molecule has 0 radical (unpaired) electrons. The highest BCUT2D eigenvalue weighted by molar-refractivity contribution is 6.18. The minimum Gasteiger partial charge on any atom is -0.493 e. The Kier molecular flexibility index (Phi) is 4.90. The molecule has 0 saturated heterocycles. The number of para-hydroxylation sites is 1. The lowest BCUT2D eigenvalue weighted by molar-refractivity contribution is 0.260. The van der Waals surface area contributed by atoms with Gasteiger partial charge >= 0.3 is 0 Å². The number of hydrogen-bond acceptors (Lipinski definition) is 2. The molecule has 18 heavy (non-hydrogen) atoms. The van der Waals surface area contributed by atoms with Crippen molar-refractivity contribution in [2.24, 2.45) is 5.92 Å². The lowest BCUT2D eigenvalue weighted by Crippen LogP contribution is -2.38. The SMILES string of the molecule is CC(C)C(CCl)NCC1CCOc2ccccc21. The Morgan fingerprint density at radius 1 is 1.39 bits per heavy atom. The minimum atomic E-state index is 0.390. The highest BCUT2D eigenvalue weighted by Gasteiger charge is 2.22. The molecule has 1 aromatic carbocycles. The first kappa shape index (κ1) is 13.7. The maximum Gasteiger partial charge on any atom is 0.122 e. The second-order valence-electron chi connectivity index (χ2n) is 5.28. The van der Waals surface area contributed by atoms with Gasteiger partial charge in [0.15, 0.2) is 0 Å². The predicted octanol–water partition coefficient (Wildman–Crippen LogP) is 3.41. The van der Waals surface area contributed by atoms with E-state index in [-0.39, 0.29) is 0 Å². The van der Waals surface area contributed by atoms with Crippen LogP contribution >= 0.6 is 11.6 Å². The normalized spacial score (nSPS) is 20.3. The highest BCUT2D eigenvalue weighted by Crippen LogP contribution is 2.32. The Balaban J connectivity index is 1.99. The lowest BCUT2D eigenvalue weighted by Gasteiger charge is -2.28. The molecule has 0 fully saturated rings. The molecule has 1 aliphatic heterocycles. The fourth-order valence-corrected chi connectivity index (χ4v) is 2.86. The van der Waals surface area contributed by atoms with Crippen molar-refractivity contribution in [3.05, 3.63) is 29.8 Å². The molecule has 3 heteroatoms. The number of rotatable bonds is 5. The molecule has 2 nitrogen and oxygen atoms in total. The third-order valence-electron chi connectivity index (χ3n) is 3.68. The third kappa shape index (κ3) is 3.18. The van der Waals surface area contributed by atoms with Gasteiger partial charge in [-0.1, -0.05) is 32.0 Å². The second-order valence-corrected chi connectivity index (χ2v) is 5.59. The van der Waals surface area contributed by atoms with E-state index in [4.69, 9.17) is 16.3 Å². The van der Waals surface area contributed by atoms with Crippen LogP contribution in [0.2, 0.25) is 0 Å². The molecule has 1 heterocycles. The van der Waals surface area contributed by atoms with Crippen molar-refractivity contribution < 1.29 is 4.74 Å². The van der Waals surface area contributed by atoms with Crippen LogP contribution in [0, 0.1) is 5.92 Å². The highest BCUT2D eigenvalue weighted by atomic mass is 35.5. The number of ether oxygens (including phenoxy) is 1. The maximum absolute atomic E-state index is 5.99. The summed E-state index contributed by atoms with van der Waals surface area (Å²) in [6.07, 6.45) is 1.08. The Labute approximate surface area is 115 Å². The third-order valence-corrected chi connectivity index (χ3v) is 4.01. The van der Waals surface area contributed by atoms with Gasteiger partial charge in [-0.25, -0.2) is 0 Å². The summed E-state index contributed by atoms with van der Waals surface area (Å²) in [4.78, 5) is 0. The zero-order valence-electron chi connectivity index (χ0n) is 11.2. The van der Waals surface area contributed by atoms with Crippen LogP contribution in [0.5, 0.6) is 5.75 Å². The first-order valence-electron chi connectivity index (χ1n) is 6.73. The zero-order chi connectivity index (χ0) is 13.0. The van der Waals surface area contributed by atoms with Gasteiger partial charge in [0, 0.05) is 24.4 Å². The van der Waals surface area contributed by atoms with E-state index in [9.17, 15) is 0 Å². The van der Waals surface area contributed by atoms with Gasteiger partial charge in [0.2, 0.25) is 0 Å². The molecule has 1 aliphatic rings. The van der Waals surface area contributed by atoms with Crippen LogP contribution < -0.4 is 10.1 Å². The van der Waals surface area contributed by atoms with E-state index >= 15 is 0 Å². The van der Waals surface area contributed by atoms with Crippen molar-refractivity contribution in [3.63, 3.8) is 0 Å². The Morgan fingerprint density at radius 2 is 2.17 bits per heavy atom. The van der Waals surface area contributed by atoms with Gasteiger partial charge in [-0.15, -0.1) is 11.6 Å². The van der Waals surface area contributed by atoms with E-state index in [1.807, 2.05) is 6.07 Å². The van der Waals surface area contributed by atoms with Crippen LogP contribution in [-0.2, 0) is 0 Å². The van der Waals surface area contributed by atoms with Gasteiger partial charge in [0.05, 0.1) is 6.61 Å². The maximum atomic E-state index is 5.99. The number of nitrogens with one attached hydrogen (secondary N) is 1. The molecular formula is C15H22ClNO. The van der Waals surface area contributed by atoms with Crippen molar-refractivity contribution >= 4 is 11.6 Å². The summed E-state index contributed by atoms with van der Waals surface area (Å²) in [7, 11) is 0. The van der Waals surface area contributed by atoms with Crippen LogP contribution in [0.3, 0.4) is 0 Å². The molecule has 0 aliphatic carbocycles. The first-order valence-corrected chi connectivity index (χ1v) is 7.27. The summed E-state index contributed by atoms with van der Waals surface area (Å²) in [5.41, 5.74) is 1.33.